The second kappa shape index (κ2) is 10.7. The summed E-state index contributed by atoms with van der Waals surface area (Å²) in [6.45, 7) is 6.87. The van der Waals surface area contributed by atoms with Crippen molar-refractivity contribution in [3.05, 3.63) is 18.0 Å². The molecular formula is C22H32F3N5O4. The molecule has 0 unspecified atom stereocenters. The first-order valence-corrected chi connectivity index (χ1v) is 11.5. The van der Waals surface area contributed by atoms with Crippen molar-refractivity contribution >= 4 is 17.9 Å². The van der Waals surface area contributed by atoms with E-state index >= 15 is 0 Å². The number of hydrogen-bond acceptors (Lipinski definition) is 7. The smallest absolute Gasteiger partial charge is 0.419 e. The molecule has 2 amide bonds. The van der Waals surface area contributed by atoms with Crippen LogP contribution < -0.4 is 10.2 Å². The van der Waals surface area contributed by atoms with Crippen molar-refractivity contribution in [2.45, 2.75) is 70.4 Å². The maximum atomic E-state index is 12.7. The van der Waals surface area contributed by atoms with Crippen LogP contribution in [-0.2, 0) is 20.4 Å². The van der Waals surface area contributed by atoms with Gasteiger partial charge in [0, 0.05) is 38.6 Å². The predicted molar refractivity (Wildman–Crippen MR) is 117 cm³/mol. The number of carbonyl (C=O) groups is 2. The number of nitrogens with one attached hydrogen (secondary N) is 1. The Labute approximate surface area is 197 Å². The van der Waals surface area contributed by atoms with Gasteiger partial charge in [-0.25, -0.2) is 14.8 Å². The van der Waals surface area contributed by atoms with Gasteiger partial charge in [0.15, 0.2) is 0 Å². The molecule has 2 atom stereocenters. The van der Waals surface area contributed by atoms with Gasteiger partial charge in [0.05, 0.1) is 17.7 Å². The molecule has 0 aromatic carbocycles. The van der Waals surface area contributed by atoms with Crippen LogP contribution in [0, 0.1) is 0 Å². The van der Waals surface area contributed by atoms with Crippen LogP contribution >= 0.6 is 0 Å². The summed E-state index contributed by atoms with van der Waals surface area (Å²) in [6, 6.07) is -0.218. The predicted octanol–water partition coefficient (Wildman–Crippen LogP) is 3.00. The lowest BCUT2D eigenvalue weighted by atomic mass is 9.92. The number of rotatable bonds is 5. The van der Waals surface area contributed by atoms with Crippen LogP contribution in [0.25, 0.3) is 0 Å². The zero-order chi connectivity index (χ0) is 24.9. The number of amides is 2. The summed E-state index contributed by atoms with van der Waals surface area (Å²) in [5.74, 6) is 0.0317. The van der Waals surface area contributed by atoms with Gasteiger partial charge in [-0.2, -0.15) is 13.2 Å². The molecule has 1 aromatic rings. The molecule has 190 valence electrons. The minimum atomic E-state index is -4.48. The molecule has 0 radical (unpaired) electrons. The first kappa shape index (κ1) is 26.0. The number of piperazine rings is 1. The van der Waals surface area contributed by atoms with Crippen molar-refractivity contribution in [2.75, 3.05) is 37.7 Å². The minimum absolute atomic E-state index is 0.103. The quantitative estimate of drug-likeness (QED) is 0.682. The van der Waals surface area contributed by atoms with Crippen LogP contribution in [0.1, 0.15) is 52.0 Å². The van der Waals surface area contributed by atoms with Crippen molar-refractivity contribution in [1.29, 1.82) is 0 Å². The minimum Gasteiger partial charge on any atom is -0.444 e. The topological polar surface area (TPSA) is 96.9 Å². The van der Waals surface area contributed by atoms with Gasteiger partial charge in [-0.05, 0) is 33.6 Å². The summed E-state index contributed by atoms with van der Waals surface area (Å²) in [5, 5.41) is 2.86. The Bertz CT molecular complexity index is 836. The summed E-state index contributed by atoms with van der Waals surface area (Å²) in [4.78, 5) is 35.8. The lowest BCUT2D eigenvalue weighted by Gasteiger charge is -2.36. The number of alkyl carbamates (subject to hydrolysis) is 1. The lowest BCUT2D eigenvalue weighted by Crippen LogP contribution is -2.51. The molecule has 9 nitrogen and oxygen atoms in total. The van der Waals surface area contributed by atoms with E-state index in [0.29, 0.717) is 26.2 Å². The molecule has 2 fully saturated rings. The van der Waals surface area contributed by atoms with Gasteiger partial charge in [-0.3, -0.25) is 4.79 Å². The van der Waals surface area contributed by atoms with E-state index in [4.69, 9.17) is 9.47 Å². The Hall–Kier alpha value is -2.63. The Morgan fingerprint density at radius 2 is 1.68 bits per heavy atom. The number of anilines is 1. The van der Waals surface area contributed by atoms with Crippen LogP contribution in [0.3, 0.4) is 0 Å². The van der Waals surface area contributed by atoms with E-state index in [2.05, 4.69) is 15.3 Å². The largest absolute Gasteiger partial charge is 0.444 e. The van der Waals surface area contributed by atoms with Crippen LogP contribution in [-0.4, -0.2) is 77.4 Å². The molecule has 12 heteroatoms. The fourth-order valence-corrected chi connectivity index (χ4v) is 3.98. The highest BCUT2D eigenvalue weighted by molar-refractivity contribution is 5.77. The SMILES string of the molecule is CC(C)(C)OC(=O)N[C@@H]1CCCC[C@H]1OCC(=O)N1CCN(c2ncc(C(F)(F)F)cn2)CC1. The van der Waals surface area contributed by atoms with E-state index in [1.807, 2.05) is 0 Å². The van der Waals surface area contributed by atoms with Crippen molar-refractivity contribution in [3.8, 4) is 0 Å². The third-order valence-electron chi connectivity index (χ3n) is 5.71. The molecular weight excluding hydrogens is 455 g/mol. The zero-order valence-corrected chi connectivity index (χ0v) is 19.7. The molecule has 0 spiro atoms. The van der Waals surface area contributed by atoms with Gasteiger partial charge in [0.1, 0.15) is 12.2 Å². The van der Waals surface area contributed by atoms with Gasteiger partial charge in [0.2, 0.25) is 11.9 Å². The Kier molecular flexibility index (Phi) is 8.21. The molecule has 34 heavy (non-hydrogen) atoms. The standard InChI is InChI=1S/C22H32F3N5O4/c1-21(2,3)34-20(32)28-16-6-4-5-7-17(16)33-14-18(31)29-8-10-30(11-9-29)19-26-12-15(13-27-19)22(23,24)25/h12-13,16-17H,4-11,14H2,1-3H3,(H,28,32)/t16-,17-/m1/s1. The molecule has 2 heterocycles. The lowest BCUT2D eigenvalue weighted by molar-refractivity contribution is -0.140. The fourth-order valence-electron chi connectivity index (χ4n) is 3.98. The number of carbonyl (C=O) groups excluding carboxylic acids is 2. The highest BCUT2D eigenvalue weighted by Gasteiger charge is 2.33. The van der Waals surface area contributed by atoms with Gasteiger partial charge in [-0.1, -0.05) is 12.8 Å². The summed E-state index contributed by atoms with van der Waals surface area (Å²) < 4.78 is 49.3. The first-order valence-electron chi connectivity index (χ1n) is 11.5. The molecule has 3 rings (SSSR count). The van der Waals surface area contributed by atoms with E-state index in [1.165, 1.54) is 0 Å². The monoisotopic (exact) mass is 487 g/mol. The maximum Gasteiger partial charge on any atom is 0.419 e. The van der Waals surface area contributed by atoms with Crippen LogP contribution in [0.5, 0.6) is 0 Å². The number of aromatic nitrogens is 2. The van der Waals surface area contributed by atoms with Crippen molar-refractivity contribution < 1.29 is 32.2 Å². The van der Waals surface area contributed by atoms with E-state index in [-0.39, 0.29) is 30.6 Å². The van der Waals surface area contributed by atoms with Gasteiger partial charge >= 0.3 is 12.3 Å². The maximum absolute atomic E-state index is 12.7. The van der Waals surface area contributed by atoms with Crippen molar-refractivity contribution in [1.82, 2.24) is 20.2 Å². The molecule has 1 N–H and O–H groups in total. The highest BCUT2D eigenvalue weighted by atomic mass is 19.4. The Morgan fingerprint density at radius 1 is 1.06 bits per heavy atom. The van der Waals surface area contributed by atoms with Gasteiger partial charge in [0.25, 0.3) is 0 Å². The summed E-state index contributed by atoms with van der Waals surface area (Å²) in [6.07, 6.45) is -0.313. The van der Waals surface area contributed by atoms with E-state index < -0.39 is 23.4 Å². The molecule has 2 aliphatic rings. The average molecular weight is 488 g/mol. The molecule has 0 bridgehead atoms. The summed E-state index contributed by atoms with van der Waals surface area (Å²) >= 11 is 0. The number of ether oxygens (including phenoxy) is 2. The number of halogens is 3. The third kappa shape index (κ3) is 7.44. The first-order chi connectivity index (χ1) is 15.9. The van der Waals surface area contributed by atoms with Crippen LogP contribution in [0.4, 0.5) is 23.9 Å². The normalized spacial score (nSPS) is 21.8. The van der Waals surface area contributed by atoms with E-state index in [9.17, 15) is 22.8 Å². The average Bonchev–Trinajstić information content (AvgIpc) is 2.76. The molecule has 1 aromatic heterocycles. The fraction of sp³-hybridized carbons (Fsp3) is 0.727. The highest BCUT2D eigenvalue weighted by Crippen LogP contribution is 2.28. The molecule has 1 saturated heterocycles. The second-order valence-corrected chi connectivity index (χ2v) is 9.52. The third-order valence-corrected chi connectivity index (χ3v) is 5.71. The second-order valence-electron chi connectivity index (χ2n) is 9.52. The summed E-state index contributed by atoms with van der Waals surface area (Å²) in [5.41, 5.74) is -1.50. The molecule has 1 aliphatic carbocycles. The van der Waals surface area contributed by atoms with E-state index in [0.717, 1.165) is 38.1 Å². The Balaban J connectivity index is 1.45. The Morgan fingerprint density at radius 3 is 2.26 bits per heavy atom. The van der Waals surface area contributed by atoms with Gasteiger partial charge < -0.3 is 24.6 Å². The number of hydrogen-bond donors (Lipinski definition) is 1. The van der Waals surface area contributed by atoms with Crippen LogP contribution in [0.15, 0.2) is 12.4 Å². The summed E-state index contributed by atoms with van der Waals surface area (Å²) in [7, 11) is 0. The van der Waals surface area contributed by atoms with Crippen LogP contribution in [0.2, 0.25) is 0 Å². The van der Waals surface area contributed by atoms with Gasteiger partial charge in [-0.15, -0.1) is 0 Å². The molecule has 1 saturated carbocycles. The molecule has 1 aliphatic heterocycles. The van der Waals surface area contributed by atoms with Crippen molar-refractivity contribution in [2.24, 2.45) is 0 Å². The number of alkyl halides is 3. The van der Waals surface area contributed by atoms with Crippen molar-refractivity contribution in [3.63, 3.8) is 0 Å². The van der Waals surface area contributed by atoms with E-state index in [1.54, 1.807) is 30.6 Å². The zero-order valence-electron chi connectivity index (χ0n) is 19.7. The number of nitrogens with zero attached hydrogens (tertiary/aromatic N) is 4.